The Morgan fingerprint density at radius 2 is 1.85 bits per heavy atom. The highest BCUT2D eigenvalue weighted by Crippen LogP contribution is 2.34. The number of ether oxygens (including phenoxy) is 2. The topological polar surface area (TPSA) is 38.8 Å². The van der Waals surface area contributed by atoms with E-state index in [1.807, 2.05) is 18.2 Å². The van der Waals surface area contributed by atoms with Gasteiger partial charge >= 0.3 is 0 Å². The van der Waals surface area contributed by atoms with E-state index >= 15 is 0 Å². The van der Waals surface area contributed by atoms with E-state index in [0.717, 1.165) is 18.4 Å². The van der Waals surface area contributed by atoms with Gasteiger partial charge in [0.1, 0.15) is 6.61 Å². The lowest BCUT2D eigenvalue weighted by molar-refractivity contribution is -0.133. The summed E-state index contributed by atoms with van der Waals surface area (Å²) in [5.41, 5.74) is 2.37. The Hall–Kier alpha value is -2.40. The van der Waals surface area contributed by atoms with Crippen LogP contribution in [0.15, 0.2) is 48.5 Å². The van der Waals surface area contributed by atoms with Crippen LogP contribution in [0.1, 0.15) is 23.5 Å². The number of carbonyl (C=O) groups is 1. The lowest BCUT2D eigenvalue weighted by Gasteiger charge is -2.26. The van der Waals surface area contributed by atoms with Gasteiger partial charge in [0.25, 0.3) is 0 Å². The van der Waals surface area contributed by atoms with Crippen LogP contribution in [0, 0.1) is 5.82 Å². The fourth-order valence-corrected chi connectivity index (χ4v) is 3.40. The van der Waals surface area contributed by atoms with Gasteiger partial charge in [0.05, 0.1) is 19.1 Å². The van der Waals surface area contributed by atoms with Crippen LogP contribution in [0.5, 0.6) is 5.75 Å². The van der Waals surface area contributed by atoms with Gasteiger partial charge in [0.15, 0.2) is 11.6 Å². The largest absolute Gasteiger partial charge is 0.489 e. The minimum Gasteiger partial charge on any atom is -0.489 e. The molecule has 5 heteroatoms. The third-order valence-corrected chi connectivity index (χ3v) is 4.76. The summed E-state index contributed by atoms with van der Waals surface area (Å²) in [5.74, 6) is -0.217. The van der Waals surface area contributed by atoms with Crippen molar-refractivity contribution in [3.05, 3.63) is 65.5 Å². The molecule has 4 nitrogen and oxygen atoms in total. The van der Waals surface area contributed by atoms with E-state index in [0.29, 0.717) is 19.7 Å². The van der Waals surface area contributed by atoms with E-state index in [9.17, 15) is 9.18 Å². The first kappa shape index (κ1) is 18.4. The van der Waals surface area contributed by atoms with Gasteiger partial charge in [0.2, 0.25) is 5.91 Å². The predicted molar refractivity (Wildman–Crippen MR) is 97.9 cm³/mol. The molecule has 138 valence electrons. The van der Waals surface area contributed by atoms with Crippen molar-refractivity contribution in [2.75, 3.05) is 33.4 Å². The van der Waals surface area contributed by atoms with Gasteiger partial charge in [-0.25, -0.2) is 4.39 Å². The molecule has 2 aromatic rings. The Labute approximate surface area is 153 Å². The first-order chi connectivity index (χ1) is 12.7. The number of aryl methyl sites for hydroxylation is 1. The second kappa shape index (κ2) is 8.81. The molecule has 0 aliphatic heterocycles. The Kier molecular flexibility index (Phi) is 6.23. The smallest absolute Gasteiger partial charge is 0.230 e. The van der Waals surface area contributed by atoms with E-state index in [-0.39, 0.29) is 24.2 Å². The maximum Gasteiger partial charge on any atom is 0.230 e. The molecule has 0 heterocycles. The number of benzene rings is 2. The van der Waals surface area contributed by atoms with Crippen molar-refractivity contribution in [3.63, 3.8) is 0 Å². The molecule has 1 aliphatic rings. The predicted octanol–water partition coefficient (Wildman–Crippen LogP) is 3.41. The molecule has 1 amide bonds. The zero-order valence-corrected chi connectivity index (χ0v) is 15.0. The molecule has 0 saturated carbocycles. The number of halogens is 1. The monoisotopic (exact) mass is 357 g/mol. The fourth-order valence-electron chi connectivity index (χ4n) is 3.40. The second-order valence-electron chi connectivity index (χ2n) is 6.39. The molecular formula is C21H24FNO3. The molecule has 1 aliphatic carbocycles. The highest BCUT2D eigenvalue weighted by Gasteiger charge is 2.31. The number of amides is 1. The van der Waals surface area contributed by atoms with Gasteiger partial charge in [-0.2, -0.15) is 0 Å². The molecule has 0 bridgehead atoms. The summed E-state index contributed by atoms with van der Waals surface area (Å²) in [6.45, 7) is 1.59. The van der Waals surface area contributed by atoms with Gasteiger partial charge < -0.3 is 14.4 Å². The molecule has 1 unspecified atom stereocenters. The number of hydrogen-bond donors (Lipinski definition) is 0. The molecule has 0 aromatic heterocycles. The summed E-state index contributed by atoms with van der Waals surface area (Å²) in [5, 5.41) is 0. The molecule has 0 N–H and O–H groups in total. The molecule has 0 saturated heterocycles. The van der Waals surface area contributed by atoms with E-state index in [2.05, 4.69) is 6.07 Å². The lowest BCUT2D eigenvalue weighted by Crippen LogP contribution is -2.39. The van der Waals surface area contributed by atoms with Crippen LogP contribution in [0.25, 0.3) is 0 Å². The quantitative estimate of drug-likeness (QED) is 0.727. The third-order valence-electron chi connectivity index (χ3n) is 4.76. The van der Waals surface area contributed by atoms with E-state index < -0.39 is 5.82 Å². The Bertz CT molecular complexity index is 750. The van der Waals surface area contributed by atoms with Crippen LogP contribution in [-0.2, 0) is 16.0 Å². The number of para-hydroxylation sites is 1. The van der Waals surface area contributed by atoms with Crippen LogP contribution in [0.4, 0.5) is 4.39 Å². The van der Waals surface area contributed by atoms with E-state index in [1.165, 1.54) is 11.6 Å². The van der Waals surface area contributed by atoms with Gasteiger partial charge in [-0.05, 0) is 36.1 Å². The van der Waals surface area contributed by atoms with Gasteiger partial charge in [0, 0.05) is 13.7 Å². The van der Waals surface area contributed by atoms with E-state index in [4.69, 9.17) is 9.47 Å². The number of fused-ring (bicyclic) bond motifs is 1. The molecule has 0 radical (unpaired) electrons. The zero-order valence-electron chi connectivity index (χ0n) is 15.0. The standard InChI is InChI=1S/C21H24FNO3/c1-25-14-12-23(13-15-26-20-9-5-4-8-19(20)22)21(24)18-11-10-16-6-2-3-7-17(16)18/h2-9,18H,10-15H2,1H3. The maximum absolute atomic E-state index is 13.7. The second-order valence-corrected chi connectivity index (χ2v) is 6.39. The summed E-state index contributed by atoms with van der Waals surface area (Å²) in [7, 11) is 1.61. The van der Waals surface area contributed by atoms with Crippen LogP contribution in [0.2, 0.25) is 0 Å². The van der Waals surface area contributed by atoms with Crippen molar-refractivity contribution in [1.82, 2.24) is 4.90 Å². The summed E-state index contributed by atoms with van der Waals surface area (Å²) in [4.78, 5) is 14.8. The lowest BCUT2D eigenvalue weighted by atomic mass is 10.00. The summed E-state index contributed by atoms with van der Waals surface area (Å²) in [6.07, 6.45) is 1.76. The van der Waals surface area contributed by atoms with E-state index in [1.54, 1.807) is 30.2 Å². The van der Waals surface area contributed by atoms with Gasteiger partial charge in [-0.15, -0.1) is 0 Å². The number of rotatable bonds is 8. The molecule has 0 fully saturated rings. The van der Waals surface area contributed by atoms with Crippen molar-refractivity contribution >= 4 is 5.91 Å². The first-order valence-electron chi connectivity index (χ1n) is 8.93. The third kappa shape index (κ3) is 4.22. The Morgan fingerprint density at radius 3 is 2.65 bits per heavy atom. The molecule has 26 heavy (non-hydrogen) atoms. The zero-order chi connectivity index (χ0) is 18.4. The molecular weight excluding hydrogens is 333 g/mol. The number of methoxy groups -OCH3 is 1. The highest BCUT2D eigenvalue weighted by atomic mass is 19.1. The summed E-state index contributed by atoms with van der Waals surface area (Å²) < 4.78 is 24.3. The van der Waals surface area contributed by atoms with Gasteiger partial charge in [-0.1, -0.05) is 36.4 Å². The average molecular weight is 357 g/mol. The molecule has 2 aromatic carbocycles. The Morgan fingerprint density at radius 1 is 1.12 bits per heavy atom. The van der Waals surface area contributed by atoms with Crippen molar-refractivity contribution < 1.29 is 18.7 Å². The molecule has 3 rings (SSSR count). The van der Waals surface area contributed by atoms with Crippen LogP contribution < -0.4 is 4.74 Å². The maximum atomic E-state index is 13.7. The van der Waals surface area contributed by atoms with Crippen molar-refractivity contribution in [2.45, 2.75) is 18.8 Å². The average Bonchev–Trinajstić information content (AvgIpc) is 3.09. The number of hydrogen-bond acceptors (Lipinski definition) is 3. The highest BCUT2D eigenvalue weighted by molar-refractivity contribution is 5.85. The molecule has 1 atom stereocenters. The van der Waals surface area contributed by atoms with Crippen molar-refractivity contribution in [1.29, 1.82) is 0 Å². The summed E-state index contributed by atoms with van der Waals surface area (Å²) >= 11 is 0. The number of nitrogens with zero attached hydrogens (tertiary/aromatic N) is 1. The number of carbonyl (C=O) groups excluding carboxylic acids is 1. The van der Waals surface area contributed by atoms with Crippen molar-refractivity contribution in [3.8, 4) is 5.75 Å². The van der Waals surface area contributed by atoms with Gasteiger partial charge in [-0.3, -0.25) is 4.79 Å². The summed E-state index contributed by atoms with van der Waals surface area (Å²) in [6, 6.07) is 14.4. The first-order valence-corrected chi connectivity index (χ1v) is 8.93. The normalized spacial score (nSPS) is 15.5. The van der Waals surface area contributed by atoms with Crippen LogP contribution in [0.3, 0.4) is 0 Å². The van der Waals surface area contributed by atoms with Crippen LogP contribution in [-0.4, -0.2) is 44.2 Å². The SMILES string of the molecule is COCCN(CCOc1ccccc1F)C(=O)C1CCc2ccccc21. The Balaban J connectivity index is 1.64. The minimum atomic E-state index is -0.396. The molecule has 0 spiro atoms. The fraction of sp³-hybridized carbons (Fsp3) is 0.381. The minimum absolute atomic E-state index is 0.0872. The van der Waals surface area contributed by atoms with Crippen LogP contribution >= 0.6 is 0 Å². The van der Waals surface area contributed by atoms with Crippen molar-refractivity contribution in [2.24, 2.45) is 0 Å².